The van der Waals surface area contributed by atoms with Gasteiger partial charge in [0.1, 0.15) is 0 Å². The summed E-state index contributed by atoms with van der Waals surface area (Å²) in [6.07, 6.45) is 5.96. The van der Waals surface area contributed by atoms with Crippen LogP contribution < -0.4 is 16.4 Å². The number of nitrogens with one attached hydrogen (secondary N) is 2. The van der Waals surface area contributed by atoms with Crippen molar-refractivity contribution in [2.75, 3.05) is 6.54 Å². The zero-order valence-electron chi connectivity index (χ0n) is 14.5. The van der Waals surface area contributed by atoms with Crippen LogP contribution in [0.5, 0.6) is 0 Å². The summed E-state index contributed by atoms with van der Waals surface area (Å²) in [5.41, 5.74) is 7.04. The fourth-order valence-corrected chi connectivity index (χ4v) is 3.42. The summed E-state index contributed by atoms with van der Waals surface area (Å²) in [7, 11) is 0. The van der Waals surface area contributed by atoms with E-state index in [1.807, 2.05) is 13.0 Å². The summed E-state index contributed by atoms with van der Waals surface area (Å²) in [4.78, 5) is 12.0. The van der Waals surface area contributed by atoms with E-state index in [0.717, 1.165) is 19.3 Å². The van der Waals surface area contributed by atoms with E-state index in [1.54, 1.807) is 0 Å². The smallest absolute Gasteiger partial charge is 0.220 e. The van der Waals surface area contributed by atoms with Crippen LogP contribution >= 0.6 is 0 Å². The van der Waals surface area contributed by atoms with Gasteiger partial charge in [0.25, 0.3) is 0 Å². The molecule has 0 aliphatic heterocycles. The third-order valence-corrected chi connectivity index (χ3v) is 4.83. The van der Waals surface area contributed by atoms with Crippen molar-refractivity contribution in [3.8, 4) is 0 Å². The van der Waals surface area contributed by atoms with Gasteiger partial charge in [0.2, 0.25) is 5.91 Å². The van der Waals surface area contributed by atoms with Crippen LogP contribution in [0.4, 0.5) is 0 Å². The Hall–Kier alpha value is -1.39. The zero-order chi connectivity index (χ0) is 16.7. The van der Waals surface area contributed by atoms with Crippen LogP contribution in [0.2, 0.25) is 0 Å². The maximum absolute atomic E-state index is 12.0. The van der Waals surface area contributed by atoms with E-state index >= 15 is 0 Å². The second-order valence-corrected chi connectivity index (χ2v) is 7.06. The Morgan fingerprint density at radius 3 is 2.48 bits per heavy atom. The molecule has 0 heterocycles. The van der Waals surface area contributed by atoms with Gasteiger partial charge in [-0.05, 0) is 38.7 Å². The Balaban J connectivity index is 1.90. The second kappa shape index (κ2) is 8.46. The molecular formula is C19H31N3O. The third kappa shape index (κ3) is 5.63. The molecule has 1 fully saturated rings. The normalized spacial score (nSPS) is 19.3. The quantitative estimate of drug-likeness (QED) is 0.690. The number of benzene rings is 1. The first-order chi connectivity index (χ1) is 11.0. The number of hydrogen-bond donors (Lipinski definition) is 3. The summed E-state index contributed by atoms with van der Waals surface area (Å²) < 4.78 is 0. The highest BCUT2D eigenvalue weighted by atomic mass is 16.1. The van der Waals surface area contributed by atoms with Crippen LogP contribution in [0.25, 0.3) is 0 Å². The molecule has 1 aromatic carbocycles. The Labute approximate surface area is 140 Å². The molecule has 0 aromatic heterocycles. The van der Waals surface area contributed by atoms with E-state index in [1.165, 1.54) is 18.4 Å². The second-order valence-electron chi connectivity index (χ2n) is 7.06. The largest absolute Gasteiger partial charge is 0.354 e. The fraction of sp³-hybridized carbons (Fsp3) is 0.632. The van der Waals surface area contributed by atoms with Crippen molar-refractivity contribution in [2.24, 2.45) is 5.73 Å². The van der Waals surface area contributed by atoms with Crippen molar-refractivity contribution < 1.29 is 4.79 Å². The van der Waals surface area contributed by atoms with Crippen LogP contribution in [0.3, 0.4) is 0 Å². The van der Waals surface area contributed by atoms with E-state index in [-0.39, 0.29) is 23.5 Å². The lowest BCUT2D eigenvalue weighted by Gasteiger charge is -2.34. The monoisotopic (exact) mass is 317 g/mol. The zero-order valence-corrected chi connectivity index (χ0v) is 14.5. The Morgan fingerprint density at radius 2 is 1.87 bits per heavy atom. The maximum Gasteiger partial charge on any atom is 0.220 e. The Kier molecular flexibility index (Phi) is 6.60. The predicted octanol–water partition coefficient (Wildman–Crippen LogP) is 2.89. The molecular weight excluding hydrogens is 286 g/mol. The Bertz CT molecular complexity index is 481. The molecule has 0 radical (unpaired) electrons. The van der Waals surface area contributed by atoms with Crippen LogP contribution in [-0.2, 0) is 4.79 Å². The lowest BCUT2D eigenvalue weighted by molar-refractivity contribution is -0.121. The molecule has 4 N–H and O–H groups in total. The molecule has 1 aromatic rings. The molecule has 2 unspecified atom stereocenters. The number of carbonyl (C=O) groups excluding carboxylic acids is 1. The number of rotatable bonds is 8. The van der Waals surface area contributed by atoms with E-state index in [0.29, 0.717) is 13.0 Å². The highest BCUT2D eigenvalue weighted by molar-refractivity contribution is 5.76. The van der Waals surface area contributed by atoms with Gasteiger partial charge < -0.3 is 16.4 Å². The van der Waals surface area contributed by atoms with Crippen LogP contribution in [0, 0.1) is 0 Å². The molecule has 2 rings (SSSR count). The highest BCUT2D eigenvalue weighted by Gasteiger charge is 2.35. The maximum atomic E-state index is 12.0. The van der Waals surface area contributed by atoms with Gasteiger partial charge in [0.05, 0.1) is 0 Å². The topological polar surface area (TPSA) is 67.2 Å². The van der Waals surface area contributed by atoms with Crippen molar-refractivity contribution in [2.45, 2.75) is 70.0 Å². The van der Waals surface area contributed by atoms with E-state index < -0.39 is 0 Å². The standard InChI is InChI=1S/C19H31N3O/c1-15(20)10-11-18(23)21-14-19(12-6-7-13-19)22-16(2)17-8-4-3-5-9-17/h3-5,8-9,15-16,22H,6-7,10-14,20H2,1-2H3,(H,21,23). The molecule has 1 aliphatic carbocycles. The first-order valence-corrected chi connectivity index (χ1v) is 8.86. The molecule has 1 amide bonds. The number of hydrogen-bond acceptors (Lipinski definition) is 3. The number of carbonyl (C=O) groups is 1. The van der Waals surface area contributed by atoms with Crippen molar-refractivity contribution in [1.82, 2.24) is 10.6 Å². The summed E-state index contributed by atoms with van der Waals surface area (Å²) in [6, 6.07) is 10.9. The fourth-order valence-electron chi connectivity index (χ4n) is 3.42. The number of nitrogens with two attached hydrogens (primary N) is 1. The lowest BCUT2D eigenvalue weighted by atomic mass is 9.94. The lowest BCUT2D eigenvalue weighted by Crippen LogP contribution is -2.52. The molecule has 1 saturated carbocycles. The van der Waals surface area contributed by atoms with Gasteiger partial charge in [-0.1, -0.05) is 43.2 Å². The first kappa shape index (κ1) is 18.0. The average molecular weight is 317 g/mol. The molecule has 128 valence electrons. The SMILES string of the molecule is CC(N)CCC(=O)NCC1(NC(C)c2ccccc2)CCCC1. The van der Waals surface area contributed by atoms with Gasteiger partial charge in [-0.2, -0.15) is 0 Å². The van der Waals surface area contributed by atoms with Gasteiger partial charge >= 0.3 is 0 Å². The summed E-state index contributed by atoms with van der Waals surface area (Å²) in [5, 5.41) is 6.91. The van der Waals surface area contributed by atoms with Crippen molar-refractivity contribution in [3.05, 3.63) is 35.9 Å². The minimum Gasteiger partial charge on any atom is -0.354 e. The molecule has 2 atom stereocenters. The third-order valence-electron chi connectivity index (χ3n) is 4.83. The minimum atomic E-state index is 0.0270. The highest BCUT2D eigenvalue weighted by Crippen LogP contribution is 2.31. The van der Waals surface area contributed by atoms with Crippen molar-refractivity contribution in [3.63, 3.8) is 0 Å². The Morgan fingerprint density at radius 1 is 1.22 bits per heavy atom. The molecule has 0 saturated heterocycles. The first-order valence-electron chi connectivity index (χ1n) is 8.86. The summed E-state index contributed by atoms with van der Waals surface area (Å²) >= 11 is 0. The van der Waals surface area contributed by atoms with Crippen molar-refractivity contribution >= 4 is 5.91 Å². The summed E-state index contributed by atoms with van der Waals surface area (Å²) in [6.45, 7) is 4.85. The molecule has 1 aliphatic rings. The van der Waals surface area contributed by atoms with E-state index in [4.69, 9.17) is 5.73 Å². The molecule has 0 spiro atoms. The van der Waals surface area contributed by atoms with E-state index in [2.05, 4.69) is 41.8 Å². The molecule has 23 heavy (non-hydrogen) atoms. The van der Waals surface area contributed by atoms with Gasteiger partial charge in [-0.15, -0.1) is 0 Å². The minimum absolute atomic E-state index is 0.0270. The molecule has 4 heteroatoms. The molecule has 0 bridgehead atoms. The predicted molar refractivity (Wildman–Crippen MR) is 95.1 cm³/mol. The average Bonchev–Trinajstić information content (AvgIpc) is 3.00. The van der Waals surface area contributed by atoms with Crippen molar-refractivity contribution in [1.29, 1.82) is 0 Å². The van der Waals surface area contributed by atoms with Gasteiger partial charge in [0, 0.05) is 30.6 Å². The number of amides is 1. The molecule has 4 nitrogen and oxygen atoms in total. The van der Waals surface area contributed by atoms with Gasteiger partial charge in [0.15, 0.2) is 0 Å². The van der Waals surface area contributed by atoms with Gasteiger partial charge in [-0.25, -0.2) is 0 Å². The van der Waals surface area contributed by atoms with Crippen LogP contribution in [-0.4, -0.2) is 24.0 Å². The van der Waals surface area contributed by atoms with Crippen LogP contribution in [0.1, 0.15) is 64.0 Å². The van der Waals surface area contributed by atoms with E-state index in [9.17, 15) is 4.79 Å². The van der Waals surface area contributed by atoms with Gasteiger partial charge in [-0.3, -0.25) is 4.79 Å². The summed E-state index contributed by atoms with van der Waals surface area (Å²) in [5.74, 6) is 0.114. The van der Waals surface area contributed by atoms with Crippen LogP contribution in [0.15, 0.2) is 30.3 Å².